The molecule has 2 amide bonds. The Labute approximate surface area is 134 Å². The lowest BCUT2D eigenvalue weighted by molar-refractivity contribution is -0.123. The lowest BCUT2D eigenvalue weighted by atomic mass is 10.0. The molecule has 0 heterocycles. The third-order valence-electron chi connectivity index (χ3n) is 2.75. The minimum absolute atomic E-state index is 0.250. The fraction of sp³-hybridized carbons (Fsp3) is 0.875. The van der Waals surface area contributed by atoms with Crippen LogP contribution in [0.3, 0.4) is 0 Å². The summed E-state index contributed by atoms with van der Waals surface area (Å²) in [6.45, 7) is 13.0. The van der Waals surface area contributed by atoms with Crippen LogP contribution in [0.25, 0.3) is 0 Å². The van der Waals surface area contributed by atoms with Crippen molar-refractivity contribution >= 4 is 12.0 Å². The zero-order valence-corrected chi connectivity index (χ0v) is 14.9. The minimum Gasteiger partial charge on any atom is -0.444 e. The first kappa shape index (κ1) is 20.7. The van der Waals surface area contributed by atoms with Gasteiger partial charge in [0.1, 0.15) is 11.6 Å². The molecule has 0 saturated heterocycles. The van der Waals surface area contributed by atoms with Gasteiger partial charge in [0.15, 0.2) is 0 Å². The molecule has 1 atom stereocenters. The second-order valence-electron chi connectivity index (χ2n) is 7.68. The molecule has 0 rings (SSSR count). The number of alkyl carbamates (subject to hydrolysis) is 1. The Morgan fingerprint density at radius 2 is 1.68 bits per heavy atom. The van der Waals surface area contributed by atoms with E-state index in [0.29, 0.717) is 19.4 Å². The number of rotatable bonds is 7. The van der Waals surface area contributed by atoms with E-state index in [4.69, 9.17) is 4.74 Å². The van der Waals surface area contributed by atoms with Crippen LogP contribution in [0.4, 0.5) is 4.79 Å². The predicted molar refractivity (Wildman–Crippen MR) is 86.5 cm³/mol. The van der Waals surface area contributed by atoms with Crippen LogP contribution < -0.4 is 10.6 Å². The quantitative estimate of drug-likeness (QED) is 0.672. The topological polar surface area (TPSA) is 87.7 Å². The third-order valence-corrected chi connectivity index (χ3v) is 2.75. The zero-order chi connectivity index (χ0) is 17.6. The maximum Gasteiger partial charge on any atom is 0.408 e. The van der Waals surface area contributed by atoms with Crippen molar-refractivity contribution in [1.29, 1.82) is 0 Å². The summed E-state index contributed by atoms with van der Waals surface area (Å²) < 4.78 is 5.19. The van der Waals surface area contributed by atoms with E-state index in [1.54, 1.807) is 34.6 Å². The molecular weight excluding hydrogens is 284 g/mol. The van der Waals surface area contributed by atoms with E-state index in [1.807, 2.05) is 13.8 Å². The van der Waals surface area contributed by atoms with Crippen molar-refractivity contribution in [2.75, 3.05) is 6.54 Å². The maximum atomic E-state index is 12.2. The number of carbonyl (C=O) groups excluding carboxylic acids is 2. The highest BCUT2D eigenvalue weighted by Crippen LogP contribution is 2.10. The first-order chi connectivity index (χ1) is 9.80. The second-order valence-corrected chi connectivity index (χ2v) is 7.68. The average molecular weight is 316 g/mol. The van der Waals surface area contributed by atoms with Crippen LogP contribution in [0.15, 0.2) is 0 Å². The smallest absolute Gasteiger partial charge is 0.408 e. The van der Waals surface area contributed by atoms with E-state index >= 15 is 0 Å². The van der Waals surface area contributed by atoms with E-state index in [2.05, 4.69) is 10.6 Å². The van der Waals surface area contributed by atoms with Gasteiger partial charge in [-0.3, -0.25) is 4.79 Å². The lowest BCUT2D eigenvalue weighted by Gasteiger charge is -2.24. The van der Waals surface area contributed by atoms with Gasteiger partial charge < -0.3 is 20.5 Å². The molecule has 0 fully saturated rings. The molecule has 6 heteroatoms. The molecule has 0 saturated carbocycles. The van der Waals surface area contributed by atoms with Crippen molar-refractivity contribution in [1.82, 2.24) is 10.6 Å². The number of hydrogen-bond donors (Lipinski definition) is 3. The number of amides is 2. The highest BCUT2D eigenvalue weighted by Gasteiger charge is 2.25. The van der Waals surface area contributed by atoms with Crippen LogP contribution >= 0.6 is 0 Å². The van der Waals surface area contributed by atoms with Crippen molar-refractivity contribution in [3.8, 4) is 0 Å². The summed E-state index contributed by atoms with van der Waals surface area (Å²) in [4.78, 5) is 24.0. The Bertz CT molecular complexity index is 367. The SMILES string of the molecule is CC(C)CC(NC(=O)OC(C)(C)C)C(=O)NCCC(C)(C)O. The van der Waals surface area contributed by atoms with Gasteiger partial charge in [-0.05, 0) is 53.4 Å². The Morgan fingerprint density at radius 3 is 2.09 bits per heavy atom. The summed E-state index contributed by atoms with van der Waals surface area (Å²) in [5.74, 6) is -0.0104. The summed E-state index contributed by atoms with van der Waals surface area (Å²) in [6.07, 6.45) is 0.364. The van der Waals surface area contributed by atoms with Crippen LogP contribution in [0, 0.1) is 5.92 Å². The molecule has 6 nitrogen and oxygen atoms in total. The van der Waals surface area contributed by atoms with Crippen molar-refractivity contribution in [2.24, 2.45) is 5.92 Å². The molecule has 0 bridgehead atoms. The Balaban J connectivity index is 4.56. The van der Waals surface area contributed by atoms with E-state index in [0.717, 1.165) is 0 Å². The number of ether oxygens (including phenoxy) is 1. The summed E-state index contributed by atoms with van der Waals surface area (Å²) >= 11 is 0. The maximum absolute atomic E-state index is 12.2. The molecule has 0 spiro atoms. The Morgan fingerprint density at radius 1 is 1.14 bits per heavy atom. The molecule has 1 unspecified atom stereocenters. The first-order valence-electron chi connectivity index (χ1n) is 7.80. The van der Waals surface area contributed by atoms with Gasteiger partial charge in [-0.25, -0.2) is 4.79 Å². The van der Waals surface area contributed by atoms with Gasteiger partial charge >= 0.3 is 6.09 Å². The van der Waals surface area contributed by atoms with E-state index in [-0.39, 0.29) is 11.8 Å². The molecule has 0 radical (unpaired) electrons. The molecule has 0 aliphatic heterocycles. The minimum atomic E-state index is -0.834. The predicted octanol–water partition coefficient (Wildman–Crippen LogP) is 2.20. The van der Waals surface area contributed by atoms with Gasteiger partial charge in [-0.15, -0.1) is 0 Å². The van der Waals surface area contributed by atoms with E-state index in [1.165, 1.54) is 0 Å². The molecule has 0 aromatic heterocycles. The standard InChI is InChI=1S/C16H32N2O4/c1-11(2)10-12(18-14(20)22-15(3,4)5)13(19)17-9-8-16(6,7)21/h11-12,21H,8-10H2,1-7H3,(H,17,19)(H,18,20). The fourth-order valence-corrected chi connectivity index (χ4v) is 1.77. The van der Waals surface area contributed by atoms with Gasteiger partial charge in [-0.2, -0.15) is 0 Å². The van der Waals surface area contributed by atoms with Crippen LogP contribution in [-0.2, 0) is 9.53 Å². The summed E-state index contributed by atoms with van der Waals surface area (Å²) in [6, 6.07) is -0.642. The molecule has 0 aromatic rings. The molecule has 0 aliphatic rings. The number of nitrogens with one attached hydrogen (secondary N) is 2. The number of hydrogen-bond acceptors (Lipinski definition) is 4. The zero-order valence-electron chi connectivity index (χ0n) is 14.9. The highest BCUT2D eigenvalue weighted by molar-refractivity contribution is 5.85. The van der Waals surface area contributed by atoms with Crippen LogP contribution in [-0.4, -0.2) is 40.9 Å². The number of carbonyl (C=O) groups is 2. The fourth-order valence-electron chi connectivity index (χ4n) is 1.77. The number of aliphatic hydroxyl groups is 1. The Kier molecular flexibility index (Phi) is 7.87. The summed E-state index contributed by atoms with van der Waals surface area (Å²) in [7, 11) is 0. The molecule has 0 aromatic carbocycles. The van der Waals surface area contributed by atoms with E-state index in [9.17, 15) is 14.7 Å². The van der Waals surface area contributed by atoms with Gasteiger partial charge in [0.2, 0.25) is 5.91 Å². The van der Waals surface area contributed by atoms with Crippen molar-refractivity contribution < 1.29 is 19.4 Å². The van der Waals surface area contributed by atoms with Crippen molar-refractivity contribution in [2.45, 2.75) is 78.6 Å². The monoisotopic (exact) mass is 316 g/mol. The van der Waals surface area contributed by atoms with Crippen LogP contribution in [0.2, 0.25) is 0 Å². The summed E-state index contributed by atoms with van der Waals surface area (Å²) in [5, 5.41) is 15.0. The van der Waals surface area contributed by atoms with Crippen molar-refractivity contribution in [3.63, 3.8) is 0 Å². The molecular formula is C16H32N2O4. The van der Waals surface area contributed by atoms with Crippen molar-refractivity contribution in [3.05, 3.63) is 0 Å². The van der Waals surface area contributed by atoms with Gasteiger partial charge in [0.05, 0.1) is 5.60 Å². The second kappa shape index (κ2) is 8.36. The molecule has 130 valence electrons. The largest absolute Gasteiger partial charge is 0.444 e. The molecule has 22 heavy (non-hydrogen) atoms. The van der Waals surface area contributed by atoms with Gasteiger partial charge in [-0.1, -0.05) is 13.8 Å². The van der Waals surface area contributed by atoms with Gasteiger partial charge in [0, 0.05) is 6.54 Å². The lowest BCUT2D eigenvalue weighted by Crippen LogP contribution is -2.49. The highest BCUT2D eigenvalue weighted by atomic mass is 16.6. The van der Waals surface area contributed by atoms with Crippen LogP contribution in [0.5, 0.6) is 0 Å². The summed E-state index contributed by atoms with van der Waals surface area (Å²) in [5.41, 5.74) is -1.44. The average Bonchev–Trinajstić information content (AvgIpc) is 2.22. The first-order valence-corrected chi connectivity index (χ1v) is 7.80. The third kappa shape index (κ3) is 11.4. The normalized spacial score (nSPS) is 13.7. The van der Waals surface area contributed by atoms with E-state index < -0.39 is 23.3 Å². The van der Waals surface area contributed by atoms with Gasteiger partial charge in [0.25, 0.3) is 0 Å². The van der Waals surface area contributed by atoms with Crippen LogP contribution in [0.1, 0.15) is 61.3 Å². The molecule has 0 aliphatic carbocycles. The Hall–Kier alpha value is -1.30. The molecule has 3 N–H and O–H groups in total.